The molecule has 0 spiro atoms. The Kier molecular flexibility index (Phi) is 10.5. The number of likely N-dealkylation sites (tertiary alicyclic amines) is 1. The van der Waals surface area contributed by atoms with Gasteiger partial charge in [0.05, 0.1) is 11.6 Å². The Morgan fingerprint density at radius 3 is 2.35 bits per heavy atom. The molecule has 3 aromatic carbocycles. The lowest BCUT2D eigenvalue weighted by Gasteiger charge is -2.32. The molecule has 5 heterocycles. The average molecular weight is 765 g/mol. The first kappa shape index (κ1) is 37.9. The number of pyridine rings is 1. The van der Waals surface area contributed by atoms with E-state index in [-0.39, 0.29) is 29.0 Å². The van der Waals surface area contributed by atoms with Gasteiger partial charge in [-0.25, -0.2) is 4.98 Å². The molecule has 0 bridgehead atoms. The summed E-state index contributed by atoms with van der Waals surface area (Å²) in [6.45, 7) is 11.4. The summed E-state index contributed by atoms with van der Waals surface area (Å²) in [4.78, 5) is 48.0. The minimum atomic E-state index is -0.403. The first-order valence-corrected chi connectivity index (χ1v) is 19.8. The number of nitrogens with one attached hydrogen (secondary N) is 3. The van der Waals surface area contributed by atoms with E-state index in [4.69, 9.17) is 4.52 Å². The zero-order chi connectivity index (χ0) is 39.7. The molecule has 12 nitrogen and oxygen atoms in total. The number of carbonyl (C=O) groups excluding carboxylic acids is 3. The molecule has 0 aliphatic carbocycles. The molecule has 3 amide bonds. The van der Waals surface area contributed by atoms with Gasteiger partial charge in [-0.15, -0.1) is 0 Å². The van der Waals surface area contributed by atoms with E-state index in [1.54, 1.807) is 0 Å². The van der Waals surface area contributed by atoms with E-state index in [1.807, 2.05) is 58.2 Å². The van der Waals surface area contributed by atoms with Crippen LogP contribution in [-0.2, 0) is 28.0 Å². The van der Waals surface area contributed by atoms with Crippen LogP contribution in [0.5, 0.6) is 0 Å². The van der Waals surface area contributed by atoms with Crippen LogP contribution in [0.25, 0.3) is 33.4 Å². The molecule has 2 fully saturated rings. The van der Waals surface area contributed by atoms with Gasteiger partial charge in [-0.05, 0) is 97.1 Å². The molecule has 0 radical (unpaired) electrons. The largest absolute Gasteiger partial charge is 0.344 e. The monoisotopic (exact) mass is 764 g/mol. The second kappa shape index (κ2) is 15.9. The number of fused-ring (bicyclic) bond motifs is 1. The highest BCUT2D eigenvalue weighted by molar-refractivity contribution is 6.01. The molecule has 12 heteroatoms. The summed E-state index contributed by atoms with van der Waals surface area (Å²) < 4.78 is 5.19. The van der Waals surface area contributed by atoms with Gasteiger partial charge in [0.1, 0.15) is 0 Å². The van der Waals surface area contributed by atoms with E-state index in [2.05, 4.69) is 89.4 Å². The van der Waals surface area contributed by atoms with Crippen molar-refractivity contribution >= 4 is 28.8 Å². The van der Waals surface area contributed by atoms with Crippen molar-refractivity contribution in [3.8, 4) is 22.4 Å². The molecule has 292 valence electrons. The number of aromatic amines is 1. The molecule has 8 rings (SSSR count). The number of aromatic nitrogens is 5. The molecule has 1 unspecified atom stereocenters. The molecule has 1 atom stereocenters. The number of hydrogen-bond acceptors (Lipinski definition) is 9. The van der Waals surface area contributed by atoms with Gasteiger partial charge < -0.3 is 14.7 Å². The van der Waals surface area contributed by atoms with Crippen LogP contribution < -0.4 is 10.6 Å². The summed E-state index contributed by atoms with van der Waals surface area (Å²) in [6.07, 6.45) is 6.08. The number of hydrogen-bond donors (Lipinski definition) is 3. The maximum Gasteiger partial charge on any atom is 0.315 e. The predicted molar refractivity (Wildman–Crippen MR) is 217 cm³/mol. The fourth-order valence-corrected chi connectivity index (χ4v) is 7.85. The van der Waals surface area contributed by atoms with Crippen molar-refractivity contribution in [2.45, 2.75) is 83.6 Å². The Hall–Kier alpha value is -6.01. The third-order valence-corrected chi connectivity index (χ3v) is 11.4. The number of carbonyl (C=O) groups is 3. The van der Waals surface area contributed by atoms with Crippen LogP contribution in [0, 0.1) is 6.92 Å². The van der Waals surface area contributed by atoms with Crippen molar-refractivity contribution < 1.29 is 18.9 Å². The Labute approximate surface area is 331 Å². The number of benzene rings is 3. The summed E-state index contributed by atoms with van der Waals surface area (Å²) >= 11 is 0. The normalized spacial score (nSPS) is 16.9. The van der Waals surface area contributed by atoms with E-state index < -0.39 is 5.91 Å². The molecule has 0 saturated carbocycles. The Morgan fingerprint density at radius 1 is 0.912 bits per heavy atom. The number of imide groups is 1. The second-order valence-electron chi connectivity index (χ2n) is 16.4. The standard InChI is InChI=1S/C45H48N8O4/c1-27-23-33(13-14-34(27)25-47-42(56)43-49-44(52-57-43)45(2,3)4)39-37-24-35(26-46-40(37)51-50-39)30-11-9-29(10-12-30)31-18-21-53(22-19-31)20-17-28-5-7-32(8-6-28)36-15-16-38(54)48-41(36)55/h5-14,23-24,26,31,36H,15-22,25H2,1-4H3,(H,47,56)(H,46,50,51)(H,48,54,55). The first-order chi connectivity index (χ1) is 27.5. The fourth-order valence-electron chi connectivity index (χ4n) is 7.85. The Balaban J connectivity index is 0.854. The van der Waals surface area contributed by atoms with Gasteiger partial charge in [-0.3, -0.25) is 24.8 Å². The van der Waals surface area contributed by atoms with E-state index in [0.717, 1.165) is 83.4 Å². The van der Waals surface area contributed by atoms with E-state index >= 15 is 0 Å². The van der Waals surface area contributed by atoms with E-state index in [9.17, 15) is 14.4 Å². The minimum absolute atomic E-state index is 0.0425. The van der Waals surface area contributed by atoms with Crippen LogP contribution >= 0.6 is 0 Å². The number of amides is 3. The zero-order valence-electron chi connectivity index (χ0n) is 32.9. The third kappa shape index (κ3) is 8.41. The molecule has 3 N–H and O–H groups in total. The van der Waals surface area contributed by atoms with Crippen LogP contribution in [-0.4, -0.2) is 67.6 Å². The molecule has 2 saturated heterocycles. The van der Waals surface area contributed by atoms with Gasteiger partial charge >= 0.3 is 11.8 Å². The van der Waals surface area contributed by atoms with Crippen molar-refractivity contribution in [2.24, 2.45) is 0 Å². The van der Waals surface area contributed by atoms with Crippen LogP contribution in [0.15, 0.2) is 83.5 Å². The molecule has 3 aromatic heterocycles. The quantitative estimate of drug-likeness (QED) is 0.123. The Bertz CT molecular complexity index is 2420. The number of piperidine rings is 2. The summed E-state index contributed by atoms with van der Waals surface area (Å²) in [6, 6.07) is 25.6. The van der Waals surface area contributed by atoms with Crippen LogP contribution in [0.3, 0.4) is 0 Å². The zero-order valence-corrected chi connectivity index (χ0v) is 32.9. The van der Waals surface area contributed by atoms with Crippen molar-refractivity contribution in [1.29, 1.82) is 0 Å². The smallest absolute Gasteiger partial charge is 0.315 e. The minimum Gasteiger partial charge on any atom is -0.344 e. The Morgan fingerprint density at radius 2 is 1.65 bits per heavy atom. The highest BCUT2D eigenvalue weighted by atomic mass is 16.5. The summed E-state index contributed by atoms with van der Waals surface area (Å²) in [5.74, 6) is -0.0296. The van der Waals surface area contributed by atoms with Gasteiger partial charge in [0.2, 0.25) is 11.8 Å². The van der Waals surface area contributed by atoms with Crippen molar-refractivity contribution in [3.05, 3.63) is 119 Å². The molecular weight excluding hydrogens is 717 g/mol. The molecule has 2 aliphatic rings. The van der Waals surface area contributed by atoms with E-state index in [0.29, 0.717) is 36.8 Å². The molecular formula is C45H48N8O4. The van der Waals surface area contributed by atoms with Gasteiger partial charge in [0.15, 0.2) is 11.5 Å². The van der Waals surface area contributed by atoms with E-state index in [1.165, 1.54) is 11.1 Å². The summed E-state index contributed by atoms with van der Waals surface area (Å²) in [7, 11) is 0. The molecule has 6 aromatic rings. The fraction of sp³-hybridized carbons (Fsp3) is 0.356. The van der Waals surface area contributed by atoms with Gasteiger partial charge in [-0.2, -0.15) is 10.1 Å². The van der Waals surface area contributed by atoms with Crippen LogP contribution in [0.1, 0.15) is 103 Å². The van der Waals surface area contributed by atoms with Crippen LogP contribution in [0.2, 0.25) is 0 Å². The van der Waals surface area contributed by atoms with Gasteiger partial charge in [0, 0.05) is 47.6 Å². The lowest BCUT2D eigenvalue weighted by atomic mass is 9.88. The third-order valence-electron chi connectivity index (χ3n) is 11.4. The number of nitrogens with zero attached hydrogens (tertiary/aromatic N) is 5. The van der Waals surface area contributed by atoms with Crippen molar-refractivity contribution in [2.75, 3.05) is 19.6 Å². The van der Waals surface area contributed by atoms with Crippen molar-refractivity contribution in [3.63, 3.8) is 0 Å². The maximum absolute atomic E-state index is 12.7. The average Bonchev–Trinajstić information content (AvgIpc) is 3.89. The van der Waals surface area contributed by atoms with Crippen molar-refractivity contribution in [1.82, 2.24) is 40.9 Å². The van der Waals surface area contributed by atoms with Crippen LogP contribution in [0.4, 0.5) is 0 Å². The highest BCUT2D eigenvalue weighted by Crippen LogP contribution is 2.33. The predicted octanol–water partition coefficient (Wildman–Crippen LogP) is 7.15. The summed E-state index contributed by atoms with van der Waals surface area (Å²) in [5.41, 5.74) is 10.00. The van der Waals surface area contributed by atoms with Gasteiger partial charge in [0.25, 0.3) is 0 Å². The number of H-pyrrole nitrogens is 1. The SMILES string of the molecule is Cc1cc(-c2[nH]nc3ncc(-c4ccc(C5CCN(CCc6ccc(C7CCC(=O)NC7=O)cc6)CC5)cc4)cc23)ccc1CNC(=O)c1nc(C(C)(C)C)no1. The lowest BCUT2D eigenvalue weighted by Crippen LogP contribution is -2.39. The lowest BCUT2D eigenvalue weighted by molar-refractivity contribution is -0.134. The number of aryl methyl sites for hydroxylation is 1. The first-order valence-electron chi connectivity index (χ1n) is 19.8. The summed E-state index contributed by atoms with van der Waals surface area (Å²) in [5, 5.41) is 17.9. The maximum atomic E-state index is 12.7. The van der Waals surface area contributed by atoms with Gasteiger partial charge in [-0.1, -0.05) is 86.6 Å². The second-order valence-corrected chi connectivity index (χ2v) is 16.4. The molecule has 57 heavy (non-hydrogen) atoms. The topological polar surface area (TPSA) is 159 Å². The number of rotatable bonds is 10. The highest BCUT2D eigenvalue weighted by Gasteiger charge is 2.28. The molecule has 2 aliphatic heterocycles.